The molecule has 2 N–H and O–H groups in total. The van der Waals surface area contributed by atoms with Gasteiger partial charge >= 0.3 is 11.7 Å². The molecule has 0 spiro atoms. The standard InChI is InChI=1S/C9H7BrN2O4/c10-6-3-1-2-4-7(6)11-5-8(9(13)14)12(15)16/h1-5,11H,(H,13,14). The van der Waals surface area contributed by atoms with Gasteiger partial charge in [0.2, 0.25) is 0 Å². The fraction of sp³-hybridized carbons (Fsp3) is 0. The number of para-hydroxylation sites is 1. The molecule has 1 aromatic rings. The van der Waals surface area contributed by atoms with E-state index in [1.165, 1.54) is 0 Å². The Bertz CT molecular complexity index is 443. The lowest BCUT2D eigenvalue weighted by atomic mass is 10.3. The number of benzene rings is 1. The molecule has 0 aromatic heterocycles. The smallest absolute Gasteiger partial charge is 0.409 e. The van der Waals surface area contributed by atoms with Gasteiger partial charge in [-0.05, 0) is 28.1 Å². The summed E-state index contributed by atoms with van der Waals surface area (Å²) in [4.78, 5) is 19.9. The van der Waals surface area contributed by atoms with Gasteiger partial charge in [-0.3, -0.25) is 10.1 Å². The molecule has 1 aromatic carbocycles. The van der Waals surface area contributed by atoms with Gasteiger partial charge in [0.15, 0.2) is 0 Å². The maximum Gasteiger partial charge on any atom is 0.409 e. The van der Waals surface area contributed by atoms with Gasteiger partial charge < -0.3 is 10.4 Å². The fourth-order valence-corrected chi connectivity index (χ4v) is 1.32. The van der Waals surface area contributed by atoms with Crippen molar-refractivity contribution in [3.05, 3.63) is 50.7 Å². The quantitative estimate of drug-likeness (QED) is 0.502. The third kappa shape index (κ3) is 3.06. The number of hydrogen-bond donors (Lipinski definition) is 2. The minimum absolute atomic E-state index is 0.545. The van der Waals surface area contributed by atoms with Crippen LogP contribution in [-0.2, 0) is 4.79 Å². The van der Waals surface area contributed by atoms with Crippen LogP contribution in [0.2, 0.25) is 0 Å². The van der Waals surface area contributed by atoms with E-state index in [1.807, 2.05) is 0 Å². The van der Waals surface area contributed by atoms with Gasteiger partial charge in [-0.25, -0.2) is 4.79 Å². The van der Waals surface area contributed by atoms with Crippen LogP contribution < -0.4 is 5.32 Å². The summed E-state index contributed by atoms with van der Waals surface area (Å²) >= 11 is 3.21. The summed E-state index contributed by atoms with van der Waals surface area (Å²) in [5.74, 6) is -1.59. The molecule has 0 saturated carbocycles. The Hall–Kier alpha value is -1.89. The van der Waals surface area contributed by atoms with Crippen LogP contribution in [0.3, 0.4) is 0 Å². The lowest BCUT2D eigenvalue weighted by Gasteiger charge is -2.02. The summed E-state index contributed by atoms with van der Waals surface area (Å²) in [7, 11) is 0. The van der Waals surface area contributed by atoms with E-state index in [-0.39, 0.29) is 0 Å². The Morgan fingerprint density at radius 2 is 2.12 bits per heavy atom. The molecule has 0 atom stereocenters. The van der Waals surface area contributed by atoms with Crippen LogP contribution in [0.25, 0.3) is 0 Å². The topological polar surface area (TPSA) is 92.5 Å². The van der Waals surface area contributed by atoms with Crippen LogP contribution in [0.4, 0.5) is 5.69 Å². The first-order valence-electron chi connectivity index (χ1n) is 4.11. The summed E-state index contributed by atoms with van der Waals surface area (Å²) in [6.45, 7) is 0. The normalized spacial score (nSPS) is 10.9. The van der Waals surface area contributed by atoms with Gasteiger partial charge in [0, 0.05) is 4.47 Å². The number of carboxylic acid groups (broad SMARTS) is 1. The lowest BCUT2D eigenvalue weighted by Crippen LogP contribution is -2.12. The zero-order valence-corrected chi connectivity index (χ0v) is 9.47. The molecule has 16 heavy (non-hydrogen) atoms. The second kappa shape index (κ2) is 5.26. The van der Waals surface area contributed by atoms with E-state index in [0.29, 0.717) is 10.2 Å². The number of nitrogens with zero attached hydrogens (tertiary/aromatic N) is 1. The highest BCUT2D eigenvalue weighted by Gasteiger charge is 2.20. The average molecular weight is 287 g/mol. The number of carboxylic acids is 1. The minimum atomic E-state index is -1.59. The summed E-state index contributed by atoms with van der Waals surface area (Å²) in [5.41, 5.74) is -0.376. The summed E-state index contributed by atoms with van der Waals surface area (Å²) in [6.07, 6.45) is 0.836. The van der Waals surface area contributed by atoms with Gasteiger partial charge in [-0.2, -0.15) is 0 Å². The van der Waals surface area contributed by atoms with Crippen molar-refractivity contribution in [3.63, 3.8) is 0 Å². The number of halogens is 1. The molecule has 0 fully saturated rings. The third-order valence-corrected chi connectivity index (χ3v) is 2.35. The molecule has 7 heteroatoms. The van der Waals surface area contributed by atoms with Gasteiger partial charge in [-0.15, -0.1) is 0 Å². The summed E-state index contributed by atoms with van der Waals surface area (Å²) < 4.78 is 0.680. The largest absolute Gasteiger partial charge is 0.473 e. The number of carbonyl (C=O) groups is 1. The molecule has 0 aliphatic heterocycles. The predicted octanol–water partition coefficient (Wildman–Crippen LogP) is 2.06. The molecule has 6 nitrogen and oxygen atoms in total. The van der Waals surface area contributed by atoms with E-state index >= 15 is 0 Å². The van der Waals surface area contributed by atoms with Gasteiger partial charge in [-0.1, -0.05) is 12.1 Å². The number of nitro groups is 1. The summed E-state index contributed by atoms with van der Waals surface area (Å²) in [6, 6.07) is 6.86. The zero-order valence-electron chi connectivity index (χ0n) is 7.88. The molecule has 0 saturated heterocycles. The monoisotopic (exact) mass is 286 g/mol. The van der Waals surface area contributed by atoms with Crippen molar-refractivity contribution in [2.75, 3.05) is 5.32 Å². The van der Waals surface area contributed by atoms with Crippen LogP contribution in [0.1, 0.15) is 0 Å². The van der Waals surface area contributed by atoms with Gasteiger partial charge in [0.05, 0.1) is 16.8 Å². The Balaban J connectivity index is 2.90. The molecule has 1 rings (SSSR count). The predicted molar refractivity (Wildman–Crippen MR) is 60.5 cm³/mol. The molecule has 0 heterocycles. The molecular formula is C9H7BrN2O4. The molecule has 84 valence electrons. The number of nitrogens with one attached hydrogen (secondary N) is 1. The highest BCUT2D eigenvalue weighted by molar-refractivity contribution is 9.10. The maximum absolute atomic E-state index is 10.5. The Labute approximate surface area is 98.9 Å². The molecule has 0 bridgehead atoms. The molecule has 0 unspecified atom stereocenters. The van der Waals surface area contributed by atoms with Gasteiger partial charge in [0.1, 0.15) is 0 Å². The van der Waals surface area contributed by atoms with Crippen LogP contribution in [0, 0.1) is 10.1 Å². The molecule has 0 aliphatic carbocycles. The van der Waals surface area contributed by atoms with Crippen molar-refractivity contribution in [1.82, 2.24) is 0 Å². The zero-order chi connectivity index (χ0) is 12.1. The van der Waals surface area contributed by atoms with Crippen molar-refractivity contribution >= 4 is 27.6 Å². The van der Waals surface area contributed by atoms with Crippen molar-refractivity contribution in [3.8, 4) is 0 Å². The first kappa shape index (κ1) is 12.2. The van der Waals surface area contributed by atoms with E-state index < -0.39 is 16.6 Å². The molecule has 0 amide bonds. The summed E-state index contributed by atoms with van der Waals surface area (Å²) in [5, 5.41) is 21.4. The van der Waals surface area contributed by atoms with Crippen LogP contribution in [-0.4, -0.2) is 16.0 Å². The Kier molecular flexibility index (Phi) is 4.01. The van der Waals surface area contributed by atoms with E-state index in [0.717, 1.165) is 6.20 Å². The molecule has 0 aliphatic rings. The van der Waals surface area contributed by atoms with Crippen molar-refractivity contribution in [2.24, 2.45) is 0 Å². The van der Waals surface area contributed by atoms with Crippen molar-refractivity contribution in [2.45, 2.75) is 0 Å². The average Bonchev–Trinajstić information content (AvgIpc) is 2.20. The maximum atomic E-state index is 10.5. The highest BCUT2D eigenvalue weighted by Crippen LogP contribution is 2.21. The number of aliphatic carboxylic acids is 1. The van der Waals surface area contributed by atoms with Gasteiger partial charge in [0.25, 0.3) is 0 Å². The van der Waals surface area contributed by atoms with Crippen LogP contribution >= 0.6 is 15.9 Å². The number of anilines is 1. The fourth-order valence-electron chi connectivity index (χ4n) is 0.917. The van der Waals surface area contributed by atoms with Crippen LogP contribution in [0.5, 0.6) is 0 Å². The first-order valence-corrected chi connectivity index (χ1v) is 4.90. The first-order chi connectivity index (χ1) is 7.52. The lowest BCUT2D eigenvalue weighted by molar-refractivity contribution is -0.421. The van der Waals surface area contributed by atoms with E-state index in [9.17, 15) is 14.9 Å². The second-order valence-corrected chi connectivity index (χ2v) is 3.57. The Morgan fingerprint density at radius 3 is 2.62 bits per heavy atom. The SMILES string of the molecule is O=C(O)C(=CNc1ccccc1Br)[N+](=O)[O-]. The van der Waals surface area contributed by atoms with Crippen molar-refractivity contribution < 1.29 is 14.8 Å². The third-order valence-electron chi connectivity index (χ3n) is 1.65. The minimum Gasteiger partial charge on any atom is -0.473 e. The Morgan fingerprint density at radius 1 is 1.50 bits per heavy atom. The number of rotatable bonds is 4. The number of hydrogen-bond acceptors (Lipinski definition) is 4. The van der Waals surface area contributed by atoms with E-state index in [4.69, 9.17) is 5.11 Å². The molecule has 0 radical (unpaired) electrons. The van der Waals surface area contributed by atoms with E-state index in [1.54, 1.807) is 24.3 Å². The van der Waals surface area contributed by atoms with Crippen molar-refractivity contribution in [1.29, 1.82) is 0 Å². The second-order valence-electron chi connectivity index (χ2n) is 2.72. The van der Waals surface area contributed by atoms with E-state index in [2.05, 4.69) is 21.2 Å². The van der Waals surface area contributed by atoms with Crippen LogP contribution in [0.15, 0.2) is 40.6 Å². The molecular weight excluding hydrogens is 280 g/mol. The highest BCUT2D eigenvalue weighted by atomic mass is 79.9.